The molecule has 0 saturated carbocycles. The molecule has 1 aromatic heterocycles. The Labute approximate surface area is 181 Å². The Morgan fingerprint density at radius 1 is 1.19 bits per heavy atom. The van der Waals surface area contributed by atoms with Crippen molar-refractivity contribution in [1.82, 2.24) is 10.1 Å². The molecule has 158 valence electrons. The topological polar surface area (TPSA) is 118 Å². The van der Waals surface area contributed by atoms with Gasteiger partial charge in [-0.15, -0.1) is 11.8 Å². The van der Waals surface area contributed by atoms with Crippen LogP contribution in [0.2, 0.25) is 0 Å². The molecule has 0 bridgehead atoms. The third kappa shape index (κ3) is 6.65. The number of hydrogen-bond donors (Lipinski definition) is 1. The molecule has 0 unspecified atom stereocenters. The molecule has 8 nitrogen and oxygen atoms in total. The molecule has 1 heterocycles. The van der Waals surface area contributed by atoms with E-state index in [0.29, 0.717) is 11.3 Å². The minimum Gasteiger partial charge on any atom is -0.456 e. The zero-order valence-corrected chi connectivity index (χ0v) is 17.0. The molecule has 3 rings (SSSR count). The maximum Gasteiger partial charge on any atom is 0.306 e. The molecule has 2 aromatic carbocycles. The number of nitrogens with one attached hydrogen (secondary N) is 1. The van der Waals surface area contributed by atoms with E-state index in [9.17, 15) is 14.0 Å². The lowest BCUT2D eigenvalue weighted by Gasteiger charge is -2.09. The lowest BCUT2D eigenvalue weighted by atomic mass is 10.2. The highest BCUT2D eigenvalue weighted by Crippen LogP contribution is 2.26. The first-order chi connectivity index (χ1) is 15.0. The van der Waals surface area contributed by atoms with Crippen molar-refractivity contribution in [3.8, 4) is 17.5 Å². The number of ether oxygens (including phenoxy) is 1. The van der Waals surface area contributed by atoms with E-state index in [2.05, 4.69) is 15.5 Å². The normalized spacial score (nSPS) is 10.3. The second kappa shape index (κ2) is 10.9. The SMILES string of the molecule is N#CCSc1ccccc1NC(=O)COC(=O)CCc1nc(-c2ccc(F)cc2)no1. The second-order valence-corrected chi connectivity index (χ2v) is 7.19. The number of nitrogens with zero attached hydrogens (tertiary/aromatic N) is 3. The molecule has 0 fully saturated rings. The van der Waals surface area contributed by atoms with Gasteiger partial charge in [0.25, 0.3) is 5.91 Å². The zero-order chi connectivity index (χ0) is 22.1. The summed E-state index contributed by atoms with van der Waals surface area (Å²) >= 11 is 1.29. The number of para-hydroxylation sites is 1. The summed E-state index contributed by atoms with van der Waals surface area (Å²) in [4.78, 5) is 28.9. The summed E-state index contributed by atoms with van der Waals surface area (Å²) in [5.74, 6) is -0.692. The Bertz CT molecular complexity index is 1100. The fourth-order valence-corrected chi connectivity index (χ4v) is 3.16. The number of aryl methyl sites for hydroxylation is 1. The number of hydrogen-bond acceptors (Lipinski definition) is 8. The molecule has 0 aliphatic rings. The number of benzene rings is 2. The highest BCUT2D eigenvalue weighted by atomic mass is 32.2. The van der Waals surface area contributed by atoms with E-state index in [-0.39, 0.29) is 36.1 Å². The quantitative estimate of drug-likeness (QED) is 0.396. The fraction of sp³-hybridized carbons (Fsp3) is 0.190. The van der Waals surface area contributed by atoms with E-state index >= 15 is 0 Å². The second-order valence-electron chi connectivity index (χ2n) is 6.17. The standard InChI is InChI=1S/C21H17FN4O4S/c22-15-7-5-14(6-8-15)21-25-19(30-26-21)9-10-20(28)29-13-18(27)24-16-3-1-2-4-17(16)31-12-11-23/h1-8H,9-10,12-13H2,(H,24,27). The molecule has 3 aromatic rings. The van der Waals surface area contributed by atoms with Gasteiger partial charge in [-0.3, -0.25) is 9.59 Å². The Morgan fingerprint density at radius 3 is 2.74 bits per heavy atom. The van der Waals surface area contributed by atoms with Crippen LogP contribution >= 0.6 is 11.8 Å². The molecule has 0 atom stereocenters. The number of carbonyl (C=O) groups excluding carboxylic acids is 2. The smallest absolute Gasteiger partial charge is 0.306 e. The van der Waals surface area contributed by atoms with Gasteiger partial charge in [-0.25, -0.2) is 4.39 Å². The molecular weight excluding hydrogens is 423 g/mol. The zero-order valence-electron chi connectivity index (χ0n) is 16.2. The van der Waals surface area contributed by atoms with Gasteiger partial charge in [0.1, 0.15) is 5.82 Å². The number of halogens is 1. The van der Waals surface area contributed by atoms with Gasteiger partial charge in [-0.05, 0) is 36.4 Å². The van der Waals surface area contributed by atoms with Crippen molar-refractivity contribution in [2.75, 3.05) is 17.7 Å². The van der Waals surface area contributed by atoms with Crippen LogP contribution in [0.1, 0.15) is 12.3 Å². The molecule has 0 aliphatic carbocycles. The lowest BCUT2D eigenvalue weighted by molar-refractivity contribution is -0.147. The van der Waals surface area contributed by atoms with Crippen molar-refractivity contribution in [3.05, 3.63) is 60.2 Å². The average Bonchev–Trinajstić information content (AvgIpc) is 3.25. The molecule has 0 aliphatic heterocycles. The first-order valence-corrected chi connectivity index (χ1v) is 10.2. The van der Waals surface area contributed by atoms with Crippen molar-refractivity contribution in [1.29, 1.82) is 5.26 Å². The Morgan fingerprint density at radius 2 is 1.97 bits per heavy atom. The summed E-state index contributed by atoms with van der Waals surface area (Å²) in [6.45, 7) is -0.444. The van der Waals surface area contributed by atoms with Crippen molar-refractivity contribution >= 4 is 29.3 Å². The third-order valence-electron chi connectivity index (χ3n) is 3.93. The predicted octanol–water partition coefficient (Wildman–Crippen LogP) is 3.61. The van der Waals surface area contributed by atoms with Crippen molar-refractivity contribution < 1.29 is 23.2 Å². The van der Waals surface area contributed by atoms with Crippen LogP contribution in [0, 0.1) is 17.1 Å². The maximum atomic E-state index is 13.0. The van der Waals surface area contributed by atoms with Crippen LogP contribution in [0.4, 0.5) is 10.1 Å². The maximum absolute atomic E-state index is 13.0. The summed E-state index contributed by atoms with van der Waals surface area (Å²) in [7, 11) is 0. The fourth-order valence-electron chi connectivity index (χ4n) is 2.49. The van der Waals surface area contributed by atoms with Crippen LogP contribution in [0.25, 0.3) is 11.4 Å². The number of thioether (sulfide) groups is 1. The van der Waals surface area contributed by atoms with E-state index < -0.39 is 18.5 Å². The number of carbonyl (C=O) groups is 2. The van der Waals surface area contributed by atoms with Gasteiger partial charge in [0, 0.05) is 16.9 Å². The first-order valence-electron chi connectivity index (χ1n) is 9.18. The third-order valence-corrected chi connectivity index (χ3v) is 4.87. The van der Waals surface area contributed by atoms with Crippen molar-refractivity contribution in [2.24, 2.45) is 0 Å². The van der Waals surface area contributed by atoms with Crippen molar-refractivity contribution in [3.63, 3.8) is 0 Å². The van der Waals surface area contributed by atoms with Crippen LogP contribution in [0.3, 0.4) is 0 Å². The molecule has 1 amide bonds. The number of aromatic nitrogens is 2. The van der Waals surface area contributed by atoms with E-state index in [4.69, 9.17) is 14.5 Å². The average molecular weight is 440 g/mol. The summed E-state index contributed by atoms with van der Waals surface area (Å²) in [6, 6.07) is 14.7. The van der Waals surface area contributed by atoms with E-state index in [1.807, 2.05) is 6.07 Å². The molecule has 10 heteroatoms. The highest BCUT2D eigenvalue weighted by Gasteiger charge is 2.13. The first kappa shape index (κ1) is 22.0. The van der Waals surface area contributed by atoms with E-state index in [1.165, 1.54) is 36.0 Å². The number of amides is 1. The Kier molecular flexibility index (Phi) is 7.73. The molecule has 0 saturated heterocycles. The van der Waals surface area contributed by atoms with Crippen molar-refractivity contribution in [2.45, 2.75) is 17.7 Å². The number of esters is 1. The van der Waals surface area contributed by atoms with Crippen LogP contribution in [-0.2, 0) is 20.7 Å². The minimum atomic E-state index is -0.594. The summed E-state index contributed by atoms with van der Waals surface area (Å²) < 4.78 is 23.0. The largest absolute Gasteiger partial charge is 0.456 e. The minimum absolute atomic E-state index is 0.0487. The lowest BCUT2D eigenvalue weighted by Crippen LogP contribution is -2.21. The van der Waals surface area contributed by atoms with Gasteiger partial charge in [-0.2, -0.15) is 10.2 Å². The number of nitriles is 1. The van der Waals surface area contributed by atoms with Gasteiger partial charge in [0.05, 0.1) is 23.9 Å². The van der Waals surface area contributed by atoms with E-state index in [0.717, 1.165) is 4.90 Å². The molecule has 1 N–H and O–H groups in total. The Balaban J connectivity index is 1.44. The summed E-state index contributed by atoms with van der Waals surface area (Å²) in [6.07, 6.45) is 0.0925. The number of rotatable bonds is 9. The summed E-state index contributed by atoms with van der Waals surface area (Å²) in [5, 5.41) is 15.2. The van der Waals surface area contributed by atoms with Crippen LogP contribution in [0.15, 0.2) is 57.9 Å². The van der Waals surface area contributed by atoms with E-state index in [1.54, 1.807) is 24.3 Å². The molecule has 31 heavy (non-hydrogen) atoms. The number of anilines is 1. The van der Waals surface area contributed by atoms with Crippen LogP contribution in [0.5, 0.6) is 0 Å². The monoisotopic (exact) mass is 440 g/mol. The molecule has 0 spiro atoms. The van der Waals surface area contributed by atoms with Gasteiger partial charge in [0.2, 0.25) is 11.7 Å². The van der Waals surface area contributed by atoms with Gasteiger partial charge < -0.3 is 14.6 Å². The van der Waals surface area contributed by atoms with Crippen LogP contribution < -0.4 is 5.32 Å². The molecular formula is C21H17FN4O4S. The Hall–Kier alpha value is -3.71. The van der Waals surface area contributed by atoms with Crippen LogP contribution in [-0.4, -0.2) is 34.4 Å². The van der Waals surface area contributed by atoms with Gasteiger partial charge in [0.15, 0.2) is 6.61 Å². The van der Waals surface area contributed by atoms with Gasteiger partial charge >= 0.3 is 5.97 Å². The summed E-state index contributed by atoms with van der Waals surface area (Å²) in [5.41, 5.74) is 1.13. The predicted molar refractivity (Wildman–Crippen MR) is 110 cm³/mol. The highest BCUT2D eigenvalue weighted by molar-refractivity contribution is 7.99. The van der Waals surface area contributed by atoms with Gasteiger partial charge in [-0.1, -0.05) is 17.3 Å². The molecule has 0 radical (unpaired) electrons.